The predicted molar refractivity (Wildman–Crippen MR) is 113 cm³/mol. The Morgan fingerprint density at radius 3 is 2.59 bits per heavy atom. The summed E-state index contributed by atoms with van der Waals surface area (Å²) >= 11 is 0. The number of rotatable bonds is 4. The Hall–Kier alpha value is -2.62. The Morgan fingerprint density at radius 1 is 1.22 bits per heavy atom. The lowest BCUT2D eigenvalue weighted by Gasteiger charge is -2.43. The van der Waals surface area contributed by atoms with Crippen molar-refractivity contribution >= 4 is 11.8 Å². The first-order chi connectivity index (χ1) is 15.1. The number of morpholine rings is 1. The molecule has 2 saturated heterocycles. The summed E-state index contributed by atoms with van der Waals surface area (Å²) in [6.07, 6.45) is -0.420. The Balaban J connectivity index is 1.57. The highest BCUT2D eigenvalue weighted by Crippen LogP contribution is 2.38. The number of hydrogen-bond acceptors (Lipinski definition) is 6. The van der Waals surface area contributed by atoms with E-state index in [1.807, 2.05) is 30.9 Å². The zero-order chi connectivity index (χ0) is 22.7. The van der Waals surface area contributed by atoms with E-state index in [9.17, 15) is 18.0 Å². The molecule has 10 heteroatoms. The van der Waals surface area contributed by atoms with E-state index >= 15 is 0 Å². The van der Waals surface area contributed by atoms with E-state index in [0.717, 1.165) is 12.0 Å². The standard InChI is InChI=1S/C22H26F3N5O2/c1-21(2,14-3-6-26-7-4-14)13-30-17(22(23,24)25)5-8-28-19(31)10-18(27-20(28)30)29-11-16-9-15(29)12-32-16/h3-4,6-7,10,15-17H,5,8-9,11-13H2,1-2H3/t15?,16-,17-/m0/s1. The second-order valence-corrected chi connectivity index (χ2v) is 9.50. The van der Waals surface area contributed by atoms with E-state index < -0.39 is 17.6 Å². The lowest BCUT2D eigenvalue weighted by Crippen LogP contribution is -2.55. The third-order valence-corrected chi connectivity index (χ3v) is 6.83. The molecule has 172 valence electrons. The van der Waals surface area contributed by atoms with Gasteiger partial charge in [-0.1, -0.05) is 13.8 Å². The normalized spacial score (nSPS) is 25.3. The van der Waals surface area contributed by atoms with Crippen LogP contribution < -0.4 is 15.4 Å². The third kappa shape index (κ3) is 3.64. The average molecular weight is 449 g/mol. The molecule has 2 aromatic heterocycles. The molecule has 3 atom stereocenters. The molecule has 7 nitrogen and oxygen atoms in total. The van der Waals surface area contributed by atoms with E-state index in [1.165, 1.54) is 15.5 Å². The molecule has 32 heavy (non-hydrogen) atoms. The van der Waals surface area contributed by atoms with Gasteiger partial charge in [-0.05, 0) is 30.5 Å². The van der Waals surface area contributed by atoms with E-state index in [-0.39, 0.29) is 43.2 Å². The first-order valence-corrected chi connectivity index (χ1v) is 10.9. The van der Waals surface area contributed by atoms with Gasteiger partial charge >= 0.3 is 6.18 Å². The molecular weight excluding hydrogens is 423 g/mol. The highest BCUT2D eigenvalue weighted by Gasteiger charge is 2.48. The number of alkyl halides is 3. The molecule has 0 radical (unpaired) electrons. The molecule has 0 aliphatic carbocycles. The van der Waals surface area contributed by atoms with Crippen molar-refractivity contribution in [3.63, 3.8) is 0 Å². The molecule has 3 aliphatic rings. The van der Waals surface area contributed by atoms with Gasteiger partial charge in [0.25, 0.3) is 5.56 Å². The molecule has 0 spiro atoms. The van der Waals surface area contributed by atoms with Crippen molar-refractivity contribution in [1.29, 1.82) is 0 Å². The Bertz CT molecular complexity index is 1060. The smallest absolute Gasteiger partial charge is 0.374 e. The molecule has 2 aromatic rings. The van der Waals surface area contributed by atoms with Crippen molar-refractivity contribution in [1.82, 2.24) is 14.5 Å². The van der Waals surface area contributed by atoms with Crippen LogP contribution in [-0.4, -0.2) is 58.6 Å². The quantitative estimate of drug-likeness (QED) is 0.716. The first kappa shape index (κ1) is 21.2. The van der Waals surface area contributed by atoms with Gasteiger partial charge in [0.15, 0.2) is 0 Å². The summed E-state index contributed by atoms with van der Waals surface area (Å²) in [5.74, 6) is 0.526. The van der Waals surface area contributed by atoms with Crippen molar-refractivity contribution in [2.24, 2.45) is 0 Å². The van der Waals surface area contributed by atoms with Gasteiger partial charge in [0.05, 0.1) is 18.8 Å². The lowest BCUT2D eigenvalue weighted by molar-refractivity contribution is -0.153. The lowest BCUT2D eigenvalue weighted by atomic mass is 9.84. The zero-order valence-electron chi connectivity index (χ0n) is 18.0. The van der Waals surface area contributed by atoms with E-state index in [1.54, 1.807) is 12.4 Å². The van der Waals surface area contributed by atoms with Crippen LogP contribution in [0.25, 0.3) is 0 Å². The summed E-state index contributed by atoms with van der Waals surface area (Å²) in [7, 11) is 0. The minimum atomic E-state index is -4.44. The number of aromatic nitrogens is 3. The molecule has 0 N–H and O–H groups in total. The molecule has 5 heterocycles. The van der Waals surface area contributed by atoms with Crippen LogP contribution in [0.5, 0.6) is 0 Å². The summed E-state index contributed by atoms with van der Waals surface area (Å²) in [4.78, 5) is 24.9. The summed E-state index contributed by atoms with van der Waals surface area (Å²) in [6, 6.07) is 3.47. The van der Waals surface area contributed by atoms with Crippen LogP contribution in [0.3, 0.4) is 0 Å². The second kappa shape index (κ2) is 7.47. The highest BCUT2D eigenvalue weighted by molar-refractivity contribution is 5.49. The fourth-order valence-corrected chi connectivity index (χ4v) is 5.13. The number of fused-ring (bicyclic) bond motifs is 3. The summed E-state index contributed by atoms with van der Waals surface area (Å²) in [5.41, 5.74) is -0.0674. The molecule has 1 unspecified atom stereocenters. The molecule has 5 rings (SSSR count). The molecule has 2 bridgehead atoms. The van der Waals surface area contributed by atoms with Gasteiger partial charge in [0, 0.05) is 43.5 Å². The van der Waals surface area contributed by atoms with Crippen molar-refractivity contribution < 1.29 is 17.9 Å². The number of ether oxygens (including phenoxy) is 1. The summed E-state index contributed by atoms with van der Waals surface area (Å²) in [6.45, 7) is 5.00. The van der Waals surface area contributed by atoms with Gasteiger partial charge in [-0.15, -0.1) is 0 Å². The first-order valence-electron chi connectivity index (χ1n) is 10.9. The van der Waals surface area contributed by atoms with Crippen LogP contribution in [-0.2, 0) is 16.7 Å². The number of pyridine rings is 1. The molecule has 0 aromatic carbocycles. The van der Waals surface area contributed by atoms with Crippen LogP contribution in [0.4, 0.5) is 24.9 Å². The van der Waals surface area contributed by atoms with Gasteiger partial charge in [-0.25, -0.2) is 0 Å². The fraction of sp³-hybridized carbons (Fsp3) is 0.591. The Labute approximate surface area is 183 Å². The second-order valence-electron chi connectivity index (χ2n) is 9.50. The van der Waals surface area contributed by atoms with E-state index in [0.29, 0.717) is 19.0 Å². The minimum absolute atomic E-state index is 0.00697. The van der Waals surface area contributed by atoms with E-state index in [4.69, 9.17) is 4.74 Å². The molecular formula is C22H26F3N5O2. The van der Waals surface area contributed by atoms with Gasteiger partial charge < -0.3 is 14.5 Å². The number of nitrogens with zero attached hydrogens (tertiary/aromatic N) is 5. The summed E-state index contributed by atoms with van der Waals surface area (Å²) < 4.78 is 49.3. The Kier molecular flexibility index (Phi) is 4.96. The molecule has 2 fully saturated rings. The Morgan fingerprint density at radius 2 is 1.97 bits per heavy atom. The maximum Gasteiger partial charge on any atom is 0.408 e. The van der Waals surface area contributed by atoms with Crippen LogP contribution in [0, 0.1) is 0 Å². The molecule has 3 aliphatic heterocycles. The molecule has 0 amide bonds. The summed E-state index contributed by atoms with van der Waals surface area (Å²) in [5, 5.41) is 0. The topological polar surface area (TPSA) is 63.5 Å². The minimum Gasteiger partial charge on any atom is -0.374 e. The van der Waals surface area contributed by atoms with Gasteiger partial charge in [0.1, 0.15) is 11.9 Å². The average Bonchev–Trinajstić information content (AvgIpc) is 3.37. The monoisotopic (exact) mass is 449 g/mol. The van der Waals surface area contributed by atoms with Gasteiger partial charge in [0.2, 0.25) is 5.95 Å². The van der Waals surface area contributed by atoms with Gasteiger partial charge in [-0.2, -0.15) is 18.2 Å². The zero-order valence-corrected chi connectivity index (χ0v) is 18.0. The predicted octanol–water partition coefficient (Wildman–Crippen LogP) is 2.73. The van der Waals surface area contributed by atoms with Crippen LogP contribution in [0.15, 0.2) is 35.4 Å². The number of halogens is 3. The van der Waals surface area contributed by atoms with Crippen LogP contribution in [0.2, 0.25) is 0 Å². The maximum atomic E-state index is 14.1. The number of anilines is 2. The van der Waals surface area contributed by atoms with Crippen LogP contribution >= 0.6 is 0 Å². The van der Waals surface area contributed by atoms with Crippen molar-refractivity contribution in [2.75, 3.05) is 29.5 Å². The van der Waals surface area contributed by atoms with E-state index in [2.05, 4.69) is 9.97 Å². The fourth-order valence-electron chi connectivity index (χ4n) is 5.13. The SMILES string of the molecule is CC(C)(CN1c2nc(N3C[C@@H]4CC3CO4)cc(=O)n2CC[C@H]1C(F)(F)F)c1ccncc1. The van der Waals surface area contributed by atoms with Crippen molar-refractivity contribution in [3.05, 3.63) is 46.5 Å². The highest BCUT2D eigenvalue weighted by atomic mass is 19.4. The third-order valence-electron chi connectivity index (χ3n) is 6.83. The maximum absolute atomic E-state index is 14.1. The van der Waals surface area contributed by atoms with Crippen LogP contribution in [0.1, 0.15) is 32.3 Å². The largest absolute Gasteiger partial charge is 0.408 e. The van der Waals surface area contributed by atoms with Crippen molar-refractivity contribution in [2.45, 2.75) is 63.0 Å². The molecule has 0 saturated carbocycles. The van der Waals surface area contributed by atoms with Gasteiger partial charge in [-0.3, -0.25) is 14.3 Å². The van der Waals surface area contributed by atoms with Crippen molar-refractivity contribution in [3.8, 4) is 0 Å². The number of hydrogen-bond donors (Lipinski definition) is 0.